The minimum absolute atomic E-state index is 0. The molecule has 0 radical (unpaired) electrons. The fourth-order valence-electron chi connectivity index (χ4n) is 0. The molecule has 0 heterocycles. The minimum atomic E-state index is -2.33. The van der Waals surface area contributed by atoms with E-state index in [9.17, 15) is 0 Å². The van der Waals surface area contributed by atoms with Crippen LogP contribution in [-0.2, 0) is 0 Å². The molecule has 0 spiro atoms. The number of carbonyl (C=O) groups excluding carboxylic acids is 5. The van der Waals surface area contributed by atoms with E-state index in [4.69, 9.17) is 75.0 Å². The third-order valence-electron chi connectivity index (χ3n) is 0. The molecule has 23 nitrogen and oxygen atoms in total. The van der Waals surface area contributed by atoms with Gasteiger partial charge in [0.15, 0.2) is 0 Å². The molecule has 0 saturated carbocycles. The summed E-state index contributed by atoms with van der Waals surface area (Å²) in [5, 5.41) is 83.3. The van der Waals surface area contributed by atoms with E-state index in [1.165, 1.54) is 0 Å². The van der Waals surface area contributed by atoms with Gasteiger partial charge in [0.2, 0.25) is 0 Å². The Kier molecular flexibility index (Phi) is 615. The van der Waals surface area contributed by atoms with Gasteiger partial charge < -0.3 is 119 Å². The summed E-state index contributed by atoms with van der Waals surface area (Å²) in [6.45, 7) is 0. The second kappa shape index (κ2) is 139. The van der Waals surface area contributed by atoms with Crippen molar-refractivity contribution in [2.24, 2.45) is 0 Å². The van der Waals surface area contributed by atoms with Crippen LogP contribution in [0, 0.1) is 0 Å². The summed E-state index contributed by atoms with van der Waals surface area (Å²) >= 11 is 0. The van der Waals surface area contributed by atoms with E-state index < -0.39 is 30.8 Å². The number of hydrogen-bond acceptors (Lipinski definition) is 20. The molecule has 29 heteroatoms. The molecule has 0 aromatic rings. The first-order valence-electron chi connectivity index (χ1n) is 3.06. The Balaban J connectivity index is -0.00000000441. The quantitative estimate of drug-likeness (QED) is 0.204. The Morgan fingerprint density at radius 3 is 0.294 bits per heavy atom. The summed E-state index contributed by atoms with van der Waals surface area (Å²) in [4.78, 5) is 41.7. The smallest absolute Gasteiger partial charge is 0.870 e. The zero-order chi connectivity index (χ0) is 17.9. The summed E-state index contributed by atoms with van der Waals surface area (Å²) in [6.07, 6.45) is -11.7. The van der Waals surface area contributed by atoms with Crippen LogP contribution < -0.4 is 51.1 Å². The van der Waals surface area contributed by atoms with Gasteiger partial charge in [-0.2, -0.15) is 0 Å². The largest absolute Gasteiger partial charge is 3.00 e. The second-order valence-electron chi connectivity index (χ2n) is 1.25. The molecule has 0 saturated heterocycles. The van der Waals surface area contributed by atoms with Gasteiger partial charge in [0.05, 0.1) is 0 Å². The van der Waals surface area contributed by atoms with Crippen LogP contribution in [0.2, 0.25) is 0 Å². The van der Waals surface area contributed by atoms with Gasteiger partial charge in [-0.05, 0) is 30.8 Å². The molecule has 0 rings (SSSR count). The number of carboxylic acid groups (broad SMARTS) is 10. The Morgan fingerprint density at radius 1 is 0.294 bits per heavy atom. The molecule has 0 amide bonds. The normalized spacial score (nSPS) is 3.53. The number of hydrogen-bond donors (Lipinski definition) is 0. The molecule has 0 aromatic carbocycles. The molecule has 184 valence electrons. The third-order valence-corrected chi connectivity index (χ3v) is 0. The maximum atomic E-state index is 8.33. The average molecular weight is 932 g/mol. The van der Waals surface area contributed by atoms with Gasteiger partial charge in [-0.15, -0.1) is 0 Å². The van der Waals surface area contributed by atoms with E-state index in [1.807, 2.05) is 0 Å². The monoisotopic (exact) mass is 934 g/mol. The molecule has 0 aliphatic rings. The summed E-state index contributed by atoms with van der Waals surface area (Å²) < 4.78 is 0. The van der Waals surface area contributed by atoms with Crippen LogP contribution in [0.15, 0.2) is 0 Å². The summed E-state index contributed by atoms with van der Waals surface area (Å²) in [7, 11) is 0. The molecule has 34 heavy (non-hydrogen) atoms. The number of rotatable bonds is 0. The Hall–Kier alpha value is 2.34. The van der Waals surface area contributed by atoms with Gasteiger partial charge in [-0.3, -0.25) is 0 Å². The molecule has 0 aliphatic carbocycles. The zero-order valence-corrected chi connectivity index (χ0v) is 33.0. The first kappa shape index (κ1) is 151. The van der Waals surface area contributed by atoms with Gasteiger partial charge in [-0.1, -0.05) is 0 Å². The van der Waals surface area contributed by atoms with Gasteiger partial charge in [-0.25, -0.2) is 0 Å². The average Bonchev–Trinajstić information content (AvgIpc) is 1.94. The SMILES string of the molecule is O.O.O.O=C([O-])[O-].O=C([O-])[O-].O=C([O-])[O-].O=C([O-])[O-].O=C([O-])[O-].[Al+3].[Al+3].[Al+3].[Ba+2].[Ba+2].[Ba+2].[OH-].[OH-].[OH-].[OH-].[OH-]. The molecule has 0 unspecified atom stereocenters. The third kappa shape index (κ3) is 6960. The van der Waals surface area contributed by atoms with E-state index in [-0.39, 0.29) is 243 Å². The van der Waals surface area contributed by atoms with Crippen molar-refractivity contribution in [3.63, 3.8) is 0 Å². The maximum absolute atomic E-state index is 8.33. The van der Waals surface area contributed by atoms with Gasteiger partial charge in [0.25, 0.3) is 0 Å². The summed E-state index contributed by atoms with van der Waals surface area (Å²) in [6, 6.07) is 0. The van der Waals surface area contributed by atoms with Crippen LogP contribution in [0.1, 0.15) is 0 Å². The van der Waals surface area contributed by atoms with E-state index in [0.717, 1.165) is 0 Å². The Labute approximate surface area is 341 Å². The molecular weight excluding hydrogens is 921 g/mol. The van der Waals surface area contributed by atoms with Crippen LogP contribution >= 0.6 is 0 Å². The van der Waals surface area contributed by atoms with Gasteiger partial charge >= 0.3 is 199 Å². The molecule has 0 aromatic heterocycles. The Bertz CT molecular complexity index is 233. The fraction of sp³-hybridized carbons (Fsp3) is 0. The van der Waals surface area contributed by atoms with Gasteiger partial charge in [0.1, 0.15) is 0 Å². The molecule has 11 N–H and O–H groups in total. The van der Waals surface area contributed by atoms with E-state index in [0.29, 0.717) is 0 Å². The van der Waals surface area contributed by atoms with Crippen LogP contribution in [0.25, 0.3) is 0 Å². The van der Waals surface area contributed by atoms with Crippen molar-refractivity contribution in [1.29, 1.82) is 0 Å². The van der Waals surface area contributed by atoms with E-state index >= 15 is 0 Å². The van der Waals surface area contributed by atoms with Crippen molar-refractivity contribution < 1.29 is 119 Å². The van der Waals surface area contributed by atoms with Crippen molar-refractivity contribution >= 4 is 230 Å². The van der Waals surface area contributed by atoms with Crippen LogP contribution in [0.5, 0.6) is 0 Å². The predicted octanol–water partition coefficient (Wildman–Crippen LogP) is -17.9. The summed E-state index contributed by atoms with van der Waals surface area (Å²) in [5.41, 5.74) is 0. The predicted molar refractivity (Wildman–Crippen MR) is 82.0 cm³/mol. The van der Waals surface area contributed by atoms with Crippen molar-refractivity contribution in [3.8, 4) is 0 Å². The van der Waals surface area contributed by atoms with E-state index in [2.05, 4.69) is 0 Å². The van der Waals surface area contributed by atoms with Crippen LogP contribution in [-0.4, -0.2) is 273 Å². The zero-order valence-electron chi connectivity index (χ0n) is 16.2. The van der Waals surface area contributed by atoms with Gasteiger partial charge in [0, 0.05) is 0 Å². The van der Waals surface area contributed by atoms with Crippen molar-refractivity contribution in [2.75, 3.05) is 0 Å². The second-order valence-corrected chi connectivity index (χ2v) is 1.25. The van der Waals surface area contributed by atoms with E-state index in [1.54, 1.807) is 0 Å². The fourth-order valence-corrected chi connectivity index (χ4v) is 0. The standard InChI is InChI=1S/5CH2O3.3Al.3Ba.8H2O/c5*2-1(3)4;;;;;;;;;;;;;;/h5*(H2,2,3,4);;;;;;;8*1H2/q;;;;;3*+3;3*+2;;;;;;;;/p-15. The van der Waals surface area contributed by atoms with Crippen molar-refractivity contribution in [3.05, 3.63) is 0 Å². The Morgan fingerprint density at radius 2 is 0.294 bits per heavy atom. The first-order chi connectivity index (χ1) is 8.66. The topological polar surface area (TPSA) is 560 Å². The minimum Gasteiger partial charge on any atom is -0.870 e. The van der Waals surface area contributed by atoms with Crippen LogP contribution in [0.3, 0.4) is 0 Å². The van der Waals surface area contributed by atoms with Crippen molar-refractivity contribution in [2.45, 2.75) is 0 Å². The maximum Gasteiger partial charge on any atom is 3.00 e. The molecule has 0 fully saturated rings. The first-order valence-corrected chi connectivity index (χ1v) is 3.06. The molecule has 0 bridgehead atoms. The van der Waals surface area contributed by atoms with Crippen LogP contribution in [0.4, 0.5) is 24.0 Å². The molecule has 0 aliphatic heterocycles. The summed E-state index contributed by atoms with van der Waals surface area (Å²) in [5.74, 6) is 0. The molecule has 0 atom stereocenters. The molecular formula is C5H11Al3Ba3O23. The number of carbonyl (C=O) groups is 5. The van der Waals surface area contributed by atoms with Crippen molar-refractivity contribution in [1.82, 2.24) is 0 Å².